The number of thiophene rings is 1. The summed E-state index contributed by atoms with van der Waals surface area (Å²) in [6, 6.07) is 73.5. The topological polar surface area (TPSA) is 8.17 Å². The van der Waals surface area contributed by atoms with Gasteiger partial charge in [-0.05, 0) is 89.0 Å². The van der Waals surface area contributed by atoms with Gasteiger partial charge >= 0.3 is 0 Å². The molecule has 264 valence electrons. The van der Waals surface area contributed by atoms with E-state index in [1.54, 1.807) is 0 Å². The van der Waals surface area contributed by atoms with Gasteiger partial charge in [0.2, 0.25) is 0 Å². The molecule has 0 unspecified atom stereocenters. The van der Waals surface area contributed by atoms with Crippen molar-refractivity contribution in [2.45, 2.75) is 6.92 Å². The van der Waals surface area contributed by atoms with Gasteiger partial charge in [-0.25, -0.2) is 0 Å². The maximum absolute atomic E-state index is 2.51. The molecule has 0 aliphatic heterocycles. The van der Waals surface area contributed by atoms with E-state index in [1.807, 2.05) is 11.3 Å². The number of hydrogen-bond donors (Lipinski definition) is 0. The number of aryl methyl sites for hydroxylation is 1. The second kappa shape index (κ2) is 13.1. The molecule has 11 aromatic rings. The van der Waals surface area contributed by atoms with E-state index in [4.69, 9.17) is 0 Å². The number of aromatic nitrogens is 1. The minimum absolute atomic E-state index is 1.11. The molecule has 56 heavy (non-hydrogen) atoms. The van der Waals surface area contributed by atoms with Gasteiger partial charge in [0, 0.05) is 43.2 Å². The van der Waals surface area contributed by atoms with Crippen LogP contribution < -0.4 is 4.90 Å². The molecule has 0 spiro atoms. The van der Waals surface area contributed by atoms with E-state index in [0.29, 0.717) is 0 Å². The Kier molecular flexibility index (Phi) is 7.61. The molecule has 2 heterocycles. The van der Waals surface area contributed by atoms with Crippen LogP contribution in [0.25, 0.3) is 80.7 Å². The summed E-state index contributed by atoms with van der Waals surface area (Å²) >= 11 is 1.87. The van der Waals surface area contributed by atoms with Crippen molar-refractivity contribution in [3.8, 4) is 27.9 Å². The summed E-state index contributed by atoms with van der Waals surface area (Å²) in [4.78, 5) is 2.51. The maximum atomic E-state index is 2.51. The van der Waals surface area contributed by atoms with Crippen LogP contribution in [0.4, 0.5) is 17.1 Å². The number of nitrogens with zero attached hydrogens (tertiary/aromatic N) is 2. The molecule has 0 radical (unpaired) electrons. The van der Waals surface area contributed by atoms with Crippen LogP contribution in [0.15, 0.2) is 200 Å². The summed E-state index contributed by atoms with van der Waals surface area (Å²) in [6.07, 6.45) is 0. The number of benzene rings is 9. The van der Waals surface area contributed by atoms with Crippen molar-refractivity contribution in [3.63, 3.8) is 0 Å². The lowest BCUT2D eigenvalue weighted by Crippen LogP contribution is -2.12. The lowest BCUT2D eigenvalue weighted by molar-refractivity contribution is 1.18. The fraction of sp³-hybridized carbons (Fsp3) is 0.0189. The van der Waals surface area contributed by atoms with Crippen molar-refractivity contribution < 1.29 is 0 Å². The quantitative estimate of drug-likeness (QED) is 0.165. The summed E-state index contributed by atoms with van der Waals surface area (Å²) in [5.74, 6) is 0. The Labute approximate surface area is 329 Å². The summed E-state index contributed by atoms with van der Waals surface area (Å²) in [5.41, 5.74) is 13.0. The van der Waals surface area contributed by atoms with Crippen molar-refractivity contribution in [1.29, 1.82) is 0 Å². The van der Waals surface area contributed by atoms with Gasteiger partial charge in [-0.2, -0.15) is 0 Å². The first kappa shape index (κ1) is 32.5. The number of hydrogen-bond acceptors (Lipinski definition) is 2. The third-order valence-electron chi connectivity index (χ3n) is 11.2. The molecule has 3 heteroatoms. The SMILES string of the molecule is Cc1cccc(-c2ccc(-n3c4ccccc4c4ccc(N(c5cc6ccccc6cc5-c5ccccc5)c5cccc6c5sc5ccccc56)cc43)cc2)c1. The number of rotatable bonds is 6. The lowest BCUT2D eigenvalue weighted by atomic mass is 9.97. The predicted octanol–water partition coefficient (Wildman–Crippen LogP) is 15.4. The van der Waals surface area contributed by atoms with Crippen molar-refractivity contribution >= 4 is 81.1 Å². The monoisotopic (exact) mass is 732 g/mol. The van der Waals surface area contributed by atoms with Gasteiger partial charge < -0.3 is 9.47 Å². The van der Waals surface area contributed by atoms with Crippen molar-refractivity contribution in [2.75, 3.05) is 4.90 Å². The Morgan fingerprint density at radius 3 is 1.95 bits per heavy atom. The normalized spacial score (nSPS) is 11.7. The van der Waals surface area contributed by atoms with E-state index in [1.165, 1.54) is 86.3 Å². The maximum Gasteiger partial charge on any atom is 0.0640 e. The molecule has 9 aromatic carbocycles. The molecular weight excluding hydrogens is 697 g/mol. The highest BCUT2D eigenvalue weighted by Gasteiger charge is 2.23. The zero-order valence-electron chi connectivity index (χ0n) is 30.9. The summed E-state index contributed by atoms with van der Waals surface area (Å²) in [5, 5.41) is 7.47. The molecule has 0 saturated carbocycles. The molecule has 0 fully saturated rings. The van der Waals surface area contributed by atoms with Gasteiger partial charge in [-0.1, -0.05) is 151 Å². The largest absolute Gasteiger partial charge is 0.309 e. The second-order valence-electron chi connectivity index (χ2n) is 14.6. The van der Waals surface area contributed by atoms with E-state index in [0.717, 1.165) is 17.1 Å². The first-order valence-corrected chi connectivity index (χ1v) is 20.0. The van der Waals surface area contributed by atoms with E-state index < -0.39 is 0 Å². The third kappa shape index (κ3) is 5.31. The molecule has 0 atom stereocenters. The van der Waals surface area contributed by atoms with E-state index in [9.17, 15) is 0 Å². The van der Waals surface area contributed by atoms with Crippen LogP contribution in [-0.2, 0) is 0 Å². The average molecular weight is 733 g/mol. The average Bonchev–Trinajstić information content (AvgIpc) is 3.80. The Balaban J connectivity index is 1.20. The van der Waals surface area contributed by atoms with Gasteiger partial charge in [0.15, 0.2) is 0 Å². The smallest absolute Gasteiger partial charge is 0.0640 e. The highest BCUT2D eigenvalue weighted by atomic mass is 32.1. The van der Waals surface area contributed by atoms with Crippen LogP contribution in [0.3, 0.4) is 0 Å². The highest BCUT2D eigenvalue weighted by molar-refractivity contribution is 7.26. The molecule has 0 aliphatic rings. The van der Waals surface area contributed by atoms with Gasteiger partial charge in [-0.3, -0.25) is 0 Å². The van der Waals surface area contributed by atoms with Gasteiger partial charge in [0.25, 0.3) is 0 Å². The number of fused-ring (bicyclic) bond motifs is 7. The summed E-state index contributed by atoms with van der Waals surface area (Å²) in [6.45, 7) is 2.15. The highest BCUT2D eigenvalue weighted by Crippen LogP contribution is 2.49. The molecule has 0 saturated heterocycles. The Hall–Kier alpha value is -6.94. The Morgan fingerprint density at radius 1 is 0.429 bits per heavy atom. The predicted molar refractivity (Wildman–Crippen MR) is 241 cm³/mol. The molecule has 0 bridgehead atoms. The molecule has 11 rings (SSSR count). The molecule has 2 nitrogen and oxygen atoms in total. The van der Waals surface area contributed by atoms with E-state index >= 15 is 0 Å². The van der Waals surface area contributed by atoms with E-state index in [2.05, 4.69) is 217 Å². The lowest BCUT2D eigenvalue weighted by Gasteiger charge is -2.29. The van der Waals surface area contributed by atoms with Gasteiger partial charge in [0.1, 0.15) is 0 Å². The zero-order chi connectivity index (χ0) is 37.2. The zero-order valence-corrected chi connectivity index (χ0v) is 31.7. The Morgan fingerprint density at radius 2 is 1.11 bits per heavy atom. The number of anilines is 3. The fourth-order valence-electron chi connectivity index (χ4n) is 8.58. The van der Waals surface area contributed by atoms with Gasteiger partial charge in [0.05, 0.1) is 27.1 Å². The minimum Gasteiger partial charge on any atom is -0.309 e. The molecule has 0 amide bonds. The molecular formula is C53H36N2S. The summed E-state index contributed by atoms with van der Waals surface area (Å²) in [7, 11) is 0. The van der Waals surface area contributed by atoms with Crippen LogP contribution >= 0.6 is 11.3 Å². The first-order chi connectivity index (χ1) is 27.7. The second-order valence-corrected chi connectivity index (χ2v) is 15.7. The molecule has 0 aliphatic carbocycles. The van der Waals surface area contributed by atoms with Crippen LogP contribution in [0.1, 0.15) is 5.56 Å². The minimum atomic E-state index is 1.11. The van der Waals surface area contributed by atoms with Crippen LogP contribution in [-0.4, -0.2) is 4.57 Å². The fourth-order valence-corrected chi connectivity index (χ4v) is 9.79. The van der Waals surface area contributed by atoms with Gasteiger partial charge in [-0.15, -0.1) is 11.3 Å². The van der Waals surface area contributed by atoms with Crippen molar-refractivity contribution in [3.05, 3.63) is 206 Å². The first-order valence-electron chi connectivity index (χ1n) is 19.2. The van der Waals surface area contributed by atoms with Crippen molar-refractivity contribution in [2.24, 2.45) is 0 Å². The summed E-state index contributed by atoms with van der Waals surface area (Å²) < 4.78 is 5.00. The van der Waals surface area contributed by atoms with E-state index in [-0.39, 0.29) is 0 Å². The number of para-hydroxylation sites is 1. The Bertz CT molecular complexity index is 3260. The molecule has 2 aromatic heterocycles. The van der Waals surface area contributed by atoms with Crippen molar-refractivity contribution in [1.82, 2.24) is 4.57 Å². The van der Waals surface area contributed by atoms with Crippen LogP contribution in [0.2, 0.25) is 0 Å². The van der Waals surface area contributed by atoms with Crippen LogP contribution in [0.5, 0.6) is 0 Å². The molecule has 0 N–H and O–H groups in total. The standard InChI is InChI=1S/C53H36N2S/c1-35-13-11-18-38(31-35)36-25-27-41(28-26-36)54-48-22-9-7-19-43(48)44-30-29-42(34-51(44)54)55(49-23-12-21-46-45-20-8-10-24-52(45)56-53(46)49)50-33-40-17-6-5-16-39(40)32-47(50)37-14-3-2-4-15-37/h2-34H,1H3. The third-order valence-corrected chi connectivity index (χ3v) is 12.4. The van der Waals surface area contributed by atoms with Crippen LogP contribution in [0, 0.1) is 6.92 Å².